The van der Waals surface area contributed by atoms with Crippen molar-refractivity contribution in [2.24, 2.45) is 0 Å². The van der Waals surface area contributed by atoms with E-state index >= 15 is 0 Å². The highest BCUT2D eigenvalue weighted by Gasteiger charge is 2.36. The Bertz CT molecular complexity index is 799. The molecule has 0 saturated heterocycles. The second-order valence-electron chi connectivity index (χ2n) is 6.28. The van der Waals surface area contributed by atoms with Gasteiger partial charge in [-0.05, 0) is 36.6 Å². The van der Waals surface area contributed by atoms with Crippen molar-refractivity contribution in [2.45, 2.75) is 31.7 Å². The number of nitrogens with zero attached hydrogens (tertiary/aromatic N) is 1. The lowest BCUT2D eigenvalue weighted by Gasteiger charge is -2.24. The molecule has 0 spiro atoms. The van der Waals surface area contributed by atoms with E-state index in [-0.39, 0.29) is 24.3 Å². The van der Waals surface area contributed by atoms with Crippen molar-refractivity contribution in [2.75, 3.05) is 10.2 Å². The number of fused-ring (bicyclic) bond motifs is 2. The van der Waals surface area contributed by atoms with E-state index in [0.717, 1.165) is 23.4 Å². The summed E-state index contributed by atoms with van der Waals surface area (Å²) in [4.78, 5) is 27.0. The zero-order chi connectivity index (χ0) is 16.0. The van der Waals surface area contributed by atoms with Crippen LogP contribution < -0.4 is 10.2 Å². The van der Waals surface area contributed by atoms with Crippen LogP contribution in [0.2, 0.25) is 0 Å². The van der Waals surface area contributed by atoms with Crippen molar-refractivity contribution in [3.8, 4) is 0 Å². The average Bonchev–Trinajstić information content (AvgIpc) is 3.04. The van der Waals surface area contributed by atoms with Crippen molar-refractivity contribution >= 4 is 23.2 Å². The van der Waals surface area contributed by atoms with Gasteiger partial charge in [0.05, 0.1) is 5.92 Å². The Morgan fingerprint density at radius 1 is 1.17 bits per heavy atom. The summed E-state index contributed by atoms with van der Waals surface area (Å²) in [5.74, 6) is -0.461. The number of hydrogen-bond acceptors (Lipinski definition) is 2. The first kappa shape index (κ1) is 14.0. The standard InChI is InChI=1S/C19H18N2O2/c1-12-10-13-6-2-5-9-17(13)21(12)18(22)11-15-14-7-3-4-8-16(14)20-19(15)23/h2-9,12,15H,10-11H2,1H3,(H,20,23)/t12-,15-/m1/s1. The van der Waals surface area contributed by atoms with Crippen LogP contribution in [0.1, 0.15) is 30.4 Å². The van der Waals surface area contributed by atoms with Gasteiger partial charge in [-0.3, -0.25) is 9.59 Å². The van der Waals surface area contributed by atoms with Gasteiger partial charge in [0.2, 0.25) is 11.8 Å². The molecule has 2 aliphatic rings. The van der Waals surface area contributed by atoms with E-state index in [9.17, 15) is 9.59 Å². The van der Waals surface area contributed by atoms with E-state index in [4.69, 9.17) is 0 Å². The Hall–Kier alpha value is -2.62. The smallest absolute Gasteiger partial charge is 0.232 e. The second kappa shape index (κ2) is 5.23. The molecule has 2 aromatic carbocycles. The third-order valence-corrected chi connectivity index (χ3v) is 4.77. The number of anilines is 2. The summed E-state index contributed by atoms with van der Waals surface area (Å²) in [5.41, 5.74) is 3.93. The SMILES string of the molecule is C[C@@H]1Cc2ccccc2N1C(=O)C[C@H]1C(=O)Nc2ccccc21. The highest BCUT2D eigenvalue weighted by Crippen LogP contribution is 2.37. The molecule has 116 valence electrons. The lowest BCUT2D eigenvalue weighted by Crippen LogP contribution is -2.37. The number of hydrogen-bond donors (Lipinski definition) is 1. The molecule has 4 rings (SSSR count). The molecule has 1 N–H and O–H groups in total. The van der Waals surface area contributed by atoms with E-state index < -0.39 is 5.92 Å². The summed E-state index contributed by atoms with van der Waals surface area (Å²) in [6.45, 7) is 2.06. The van der Waals surface area contributed by atoms with Crippen molar-refractivity contribution in [1.29, 1.82) is 0 Å². The Kier molecular flexibility index (Phi) is 3.18. The molecule has 0 bridgehead atoms. The maximum Gasteiger partial charge on any atom is 0.232 e. The first-order valence-electron chi connectivity index (χ1n) is 7.95. The lowest BCUT2D eigenvalue weighted by molar-refractivity contribution is -0.123. The minimum atomic E-state index is -0.390. The normalized spacial score (nSPS) is 21.8. The molecule has 0 aliphatic carbocycles. The van der Waals surface area contributed by atoms with Crippen LogP contribution in [-0.2, 0) is 16.0 Å². The van der Waals surface area contributed by atoms with Crippen molar-refractivity contribution in [3.63, 3.8) is 0 Å². The molecule has 4 heteroatoms. The first-order chi connectivity index (χ1) is 11.1. The molecule has 0 aromatic heterocycles. The van der Waals surface area contributed by atoms with Crippen molar-refractivity contribution in [1.82, 2.24) is 0 Å². The summed E-state index contributed by atoms with van der Waals surface area (Å²) in [6, 6.07) is 15.7. The predicted octanol–water partition coefficient (Wildman–Crippen LogP) is 3.09. The van der Waals surface area contributed by atoms with Crippen LogP contribution in [0.5, 0.6) is 0 Å². The molecule has 0 unspecified atom stereocenters. The number of benzene rings is 2. The second-order valence-corrected chi connectivity index (χ2v) is 6.28. The fraction of sp³-hybridized carbons (Fsp3) is 0.263. The maximum atomic E-state index is 12.9. The number of para-hydroxylation sites is 2. The van der Waals surface area contributed by atoms with Crippen LogP contribution in [0.25, 0.3) is 0 Å². The van der Waals surface area contributed by atoms with Gasteiger partial charge in [0.25, 0.3) is 0 Å². The zero-order valence-corrected chi connectivity index (χ0v) is 13.0. The fourth-order valence-corrected chi connectivity index (χ4v) is 3.70. The molecule has 2 heterocycles. The number of carbonyl (C=O) groups is 2. The minimum absolute atomic E-state index is 0.0132. The quantitative estimate of drug-likeness (QED) is 0.927. The topological polar surface area (TPSA) is 49.4 Å². The highest BCUT2D eigenvalue weighted by molar-refractivity contribution is 6.07. The summed E-state index contributed by atoms with van der Waals surface area (Å²) in [6.07, 6.45) is 1.08. The largest absolute Gasteiger partial charge is 0.325 e. The van der Waals surface area contributed by atoms with Gasteiger partial charge in [-0.2, -0.15) is 0 Å². The zero-order valence-electron chi connectivity index (χ0n) is 13.0. The van der Waals surface area contributed by atoms with Crippen LogP contribution in [-0.4, -0.2) is 17.9 Å². The Morgan fingerprint density at radius 3 is 2.78 bits per heavy atom. The number of amides is 2. The number of rotatable bonds is 2. The summed E-state index contributed by atoms with van der Waals surface area (Å²) >= 11 is 0. The molecule has 2 amide bonds. The van der Waals surface area contributed by atoms with Gasteiger partial charge >= 0.3 is 0 Å². The molecule has 2 aromatic rings. The van der Waals surface area contributed by atoms with Crippen molar-refractivity contribution in [3.05, 3.63) is 59.7 Å². The first-order valence-corrected chi connectivity index (χ1v) is 7.95. The molecule has 0 radical (unpaired) electrons. The molecule has 4 nitrogen and oxygen atoms in total. The molecule has 0 saturated carbocycles. The van der Waals surface area contributed by atoms with Crippen LogP contribution in [0, 0.1) is 0 Å². The average molecular weight is 306 g/mol. The minimum Gasteiger partial charge on any atom is -0.325 e. The Labute approximate surface area is 135 Å². The van der Waals surface area contributed by atoms with Gasteiger partial charge in [0.1, 0.15) is 0 Å². The molecule has 23 heavy (non-hydrogen) atoms. The van der Waals surface area contributed by atoms with Gasteiger partial charge < -0.3 is 10.2 Å². The van der Waals surface area contributed by atoms with Crippen LogP contribution in [0.3, 0.4) is 0 Å². The summed E-state index contributed by atoms with van der Waals surface area (Å²) < 4.78 is 0. The van der Waals surface area contributed by atoms with Gasteiger partial charge in [-0.15, -0.1) is 0 Å². The van der Waals surface area contributed by atoms with Crippen LogP contribution in [0.4, 0.5) is 11.4 Å². The number of nitrogens with one attached hydrogen (secondary N) is 1. The Morgan fingerprint density at radius 2 is 1.91 bits per heavy atom. The van der Waals surface area contributed by atoms with Crippen molar-refractivity contribution < 1.29 is 9.59 Å². The van der Waals surface area contributed by atoms with E-state index in [1.165, 1.54) is 5.56 Å². The van der Waals surface area contributed by atoms with Crippen LogP contribution in [0.15, 0.2) is 48.5 Å². The Balaban J connectivity index is 1.61. The monoisotopic (exact) mass is 306 g/mol. The lowest BCUT2D eigenvalue weighted by atomic mass is 9.96. The van der Waals surface area contributed by atoms with Gasteiger partial charge in [0, 0.05) is 23.8 Å². The number of carbonyl (C=O) groups excluding carboxylic acids is 2. The van der Waals surface area contributed by atoms with Gasteiger partial charge in [0.15, 0.2) is 0 Å². The summed E-state index contributed by atoms with van der Waals surface area (Å²) in [7, 11) is 0. The predicted molar refractivity (Wildman–Crippen MR) is 89.5 cm³/mol. The highest BCUT2D eigenvalue weighted by atomic mass is 16.2. The molecular weight excluding hydrogens is 288 g/mol. The van der Waals surface area contributed by atoms with Gasteiger partial charge in [-0.25, -0.2) is 0 Å². The van der Waals surface area contributed by atoms with E-state index in [2.05, 4.69) is 18.3 Å². The van der Waals surface area contributed by atoms with Gasteiger partial charge in [-0.1, -0.05) is 36.4 Å². The molecular formula is C19H18N2O2. The van der Waals surface area contributed by atoms with E-state index in [1.807, 2.05) is 47.4 Å². The maximum absolute atomic E-state index is 12.9. The fourth-order valence-electron chi connectivity index (χ4n) is 3.70. The summed E-state index contributed by atoms with van der Waals surface area (Å²) in [5, 5.41) is 2.86. The van der Waals surface area contributed by atoms with E-state index in [0.29, 0.717) is 0 Å². The third kappa shape index (κ3) is 2.22. The third-order valence-electron chi connectivity index (χ3n) is 4.77. The molecule has 0 fully saturated rings. The van der Waals surface area contributed by atoms with Crippen LogP contribution >= 0.6 is 0 Å². The van der Waals surface area contributed by atoms with E-state index in [1.54, 1.807) is 0 Å². The molecule has 2 atom stereocenters. The molecule has 2 aliphatic heterocycles.